The molecule has 0 fully saturated rings. The van der Waals surface area contributed by atoms with Gasteiger partial charge in [0, 0.05) is 11.5 Å². The predicted molar refractivity (Wildman–Crippen MR) is 94.2 cm³/mol. The summed E-state index contributed by atoms with van der Waals surface area (Å²) < 4.78 is 0. The molecule has 0 spiro atoms. The molecule has 2 aromatic carbocycles. The highest BCUT2D eigenvalue weighted by Gasteiger charge is 2.12. The van der Waals surface area contributed by atoms with E-state index in [0.29, 0.717) is 0 Å². The molecule has 2 aromatic rings. The van der Waals surface area contributed by atoms with Gasteiger partial charge < -0.3 is 0 Å². The Kier molecular flexibility index (Phi) is 5.62. The van der Waals surface area contributed by atoms with Crippen molar-refractivity contribution in [1.82, 2.24) is 0 Å². The van der Waals surface area contributed by atoms with Gasteiger partial charge in [0.25, 0.3) is 0 Å². The minimum Gasteiger partial charge on any atom is -0.0890 e. The minimum atomic E-state index is 0.244. The highest BCUT2D eigenvalue weighted by Crippen LogP contribution is 2.30. The summed E-state index contributed by atoms with van der Waals surface area (Å²) in [6.45, 7) is 6.77. The van der Waals surface area contributed by atoms with Gasteiger partial charge in [-0.25, -0.2) is 0 Å². The van der Waals surface area contributed by atoms with Crippen LogP contribution in [0.3, 0.4) is 0 Å². The summed E-state index contributed by atoms with van der Waals surface area (Å²) in [4.78, 5) is 0. The molecule has 0 saturated heterocycles. The van der Waals surface area contributed by atoms with Gasteiger partial charge in [-0.05, 0) is 22.1 Å². The van der Waals surface area contributed by atoms with Crippen molar-refractivity contribution < 1.29 is 0 Å². The molecular weight excluding hydrogens is 280 g/mol. The molecule has 0 atom stereocenters. The quantitative estimate of drug-likeness (QED) is 0.486. The standard InChI is InChI=1S/C18H22S2/c1-18(2,3)17-11-9-16(10-12-17)14-20-19-13-15-7-5-4-6-8-15/h4-12H,13-14H2,1-3H3. The van der Waals surface area contributed by atoms with Crippen molar-refractivity contribution in [2.24, 2.45) is 0 Å². The first-order chi connectivity index (χ1) is 9.55. The summed E-state index contributed by atoms with van der Waals surface area (Å²) >= 11 is 0. The first kappa shape index (κ1) is 15.5. The van der Waals surface area contributed by atoms with Crippen molar-refractivity contribution in [2.75, 3.05) is 0 Å². The van der Waals surface area contributed by atoms with Gasteiger partial charge in [-0.2, -0.15) is 0 Å². The van der Waals surface area contributed by atoms with Gasteiger partial charge in [0.15, 0.2) is 0 Å². The highest BCUT2D eigenvalue weighted by atomic mass is 33.1. The summed E-state index contributed by atoms with van der Waals surface area (Å²) in [5.41, 5.74) is 4.45. The Morgan fingerprint density at radius 2 is 1.20 bits per heavy atom. The molecular formula is C18H22S2. The normalized spacial score (nSPS) is 11.6. The zero-order valence-electron chi connectivity index (χ0n) is 12.4. The van der Waals surface area contributed by atoms with E-state index in [2.05, 4.69) is 75.4 Å². The van der Waals surface area contributed by atoms with E-state index in [0.717, 1.165) is 11.5 Å². The average molecular weight is 303 g/mol. The third-order valence-corrected chi connectivity index (χ3v) is 5.47. The lowest BCUT2D eigenvalue weighted by Crippen LogP contribution is -2.10. The topological polar surface area (TPSA) is 0 Å². The second-order valence-electron chi connectivity index (χ2n) is 5.96. The van der Waals surface area contributed by atoms with Crippen molar-refractivity contribution in [3.05, 3.63) is 71.3 Å². The Hall–Kier alpha value is -0.860. The van der Waals surface area contributed by atoms with Crippen LogP contribution in [0.2, 0.25) is 0 Å². The molecule has 0 N–H and O–H groups in total. The molecule has 0 nitrogen and oxygen atoms in total. The molecule has 0 aromatic heterocycles. The molecule has 106 valence electrons. The van der Waals surface area contributed by atoms with E-state index in [1.54, 1.807) is 0 Å². The van der Waals surface area contributed by atoms with E-state index in [-0.39, 0.29) is 5.41 Å². The smallest absolute Gasteiger partial charge is 0.0288 e. The van der Waals surface area contributed by atoms with Gasteiger partial charge in [0.1, 0.15) is 0 Å². The summed E-state index contributed by atoms with van der Waals surface area (Å²) in [5, 5.41) is 0. The molecule has 2 rings (SSSR count). The average Bonchev–Trinajstić information content (AvgIpc) is 2.44. The van der Waals surface area contributed by atoms with Crippen LogP contribution in [0.5, 0.6) is 0 Å². The predicted octanol–water partition coefficient (Wildman–Crippen LogP) is 6.07. The van der Waals surface area contributed by atoms with Crippen LogP contribution in [0.25, 0.3) is 0 Å². The fourth-order valence-electron chi connectivity index (χ4n) is 1.89. The van der Waals surface area contributed by atoms with E-state index in [1.165, 1.54) is 16.7 Å². The molecule has 20 heavy (non-hydrogen) atoms. The van der Waals surface area contributed by atoms with E-state index in [9.17, 15) is 0 Å². The van der Waals surface area contributed by atoms with Crippen molar-refractivity contribution in [1.29, 1.82) is 0 Å². The second-order valence-corrected chi connectivity index (χ2v) is 8.42. The maximum atomic E-state index is 2.26. The molecule has 0 heterocycles. The number of benzene rings is 2. The van der Waals surface area contributed by atoms with Gasteiger partial charge in [-0.3, -0.25) is 0 Å². The molecule has 2 heteroatoms. The van der Waals surface area contributed by atoms with Gasteiger partial charge in [0.2, 0.25) is 0 Å². The van der Waals surface area contributed by atoms with Crippen molar-refractivity contribution >= 4 is 21.6 Å². The van der Waals surface area contributed by atoms with Gasteiger partial charge in [-0.15, -0.1) is 0 Å². The van der Waals surface area contributed by atoms with Crippen molar-refractivity contribution in [3.63, 3.8) is 0 Å². The largest absolute Gasteiger partial charge is 0.0890 e. The zero-order valence-corrected chi connectivity index (χ0v) is 14.1. The molecule has 0 amide bonds. The Bertz CT molecular complexity index is 509. The van der Waals surface area contributed by atoms with E-state index in [1.807, 2.05) is 21.6 Å². The van der Waals surface area contributed by atoms with Gasteiger partial charge in [0.05, 0.1) is 0 Å². The number of hydrogen-bond donors (Lipinski definition) is 0. The van der Waals surface area contributed by atoms with Crippen LogP contribution < -0.4 is 0 Å². The fourth-order valence-corrected chi connectivity index (χ4v) is 4.03. The van der Waals surface area contributed by atoms with Crippen molar-refractivity contribution in [3.8, 4) is 0 Å². The van der Waals surface area contributed by atoms with Crippen LogP contribution in [0.4, 0.5) is 0 Å². The summed E-state index contributed by atoms with van der Waals surface area (Å²) in [6.07, 6.45) is 0. The lowest BCUT2D eigenvalue weighted by molar-refractivity contribution is 0.590. The molecule has 0 aliphatic rings. The second kappa shape index (κ2) is 7.24. The van der Waals surface area contributed by atoms with Gasteiger partial charge >= 0.3 is 0 Å². The summed E-state index contributed by atoms with van der Waals surface area (Å²) in [5.74, 6) is 2.15. The molecule has 0 aliphatic heterocycles. The summed E-state index contributed by atoms with van der Waals surface area (Å²) in [7, 11) is 3.86. The van der Waals surface area contributed by atoms with Crippen LogP contribution in [0, 0.1) is 0 Å². The van der Waals surface area contributed by atoms with Crippen LogP contribution >= 0.6 is 21.6 Å². The summed E-state index contributed by atoms with van der Waals surface area (Å²) in [6, 6.07) is 19.7. The van der Waals surface area contributed by atoms with Crippen LogP contribution in [-0.2, 0) is 16.9 Å². The fraction of sp³-hybridized carbons (Fsp3) is 0.333. The van der Waals surface area contributed by atoms with E-state index in [4.69, 9.17) is 0 Å². The van der Waals surface area contributed by atoms with Crippen LogP contribution in [0.15, 0.2) is 54.6 Å². The third kappa shape index (κ3) is 4.92. The first-order valence-electron chi connectivity index (χ1n) is 6.93. The number of rotatable bonds is 5. The maximum Gasteiger partial charge on any atom is 0.0288 e. The van der Waals surface area contributed by atoms with Crippen LogP contribution in [0.1, 0.15) is 37.5 Å². The molecule has 0 bridgehead atoms. The Labute approximate surface area is 130 Å². The molecule has 0 radical (unpaired) electrons. The monoisotopic (exact) mass is 302 g/mol. The molecule has 0 saturated carbocycles. The minimum absolute atomic E-state index is 0.244. The van der Waals surface area contributed by atoms with Crippen molar-refractivity contribution in [2.45, 2.75) is 37.7 Å². The lowest BCUT2D eigenvalue weighted by Gasteiger charge is -2.19. The molecule has 0 unspecified atom stereocenters. The molecule has 0 aliphatic carbocycles. The van der Waals surface area contributed by atoms with Crippen LogP contribution in [-0.4, -0.2) is 0 Å². The lowest BCUT2D eigenvalue weighted by atomic mass is 9.87. The SMILES string of the molecule is CC(C)(C)c1ccc(CSSCc2ccccc2)cc1. The van der Waals surface area contributed by atoms with E-state index < -0.39 is 0 Å². The Morgan fingerprint density at radius 3 is 1.70 bits per heavy atom. The Balaban J connectivity index is 1.77. The maximum absolute atomic E-state index is 2.26. The third-order valence-electron chi connectivity index (χ3n) is 3.20. The highest BCUT2D eigenvalue weighted by molar-refractivity contribution is 8.76. The zero-order chi connectivity index (χ0) is 14.4. The first-order valence-corrected chi connectivity index (χ1v) is 9.42. The van der Waals surface area contributed by atoms with Gasteiger partial charge in [-0.1, -0.05) is 97.0 Å². The number of hydrogen-bond acceptors (Lipinski definition) is 2. The Morgan fingerprint density at radius 1 is 0.700 bits per heavy atom. The van der Waals surface area contributed by atoms with E-state index >= 15 is 0 Å².